The van der Waals surface area contributed by atoms with Crippen LogP contribution in [0.15, 0.2) is 12.2 Å². The molecule has 0 aromatic carbocycles. The van der Waals surface area contributed by atoms with Gasteiger partial charge in [0.25, 0.3) is 0 Å². The van der Waals surface area contributed by atoms with Gasteiger partial charge in [-0.05, 0) is 30.8 Å². The molecule has 2 aliphatic carbocycles. The predicted octanol–water partition coefficient (Wildman–Crippen LogP) is 2.71. The maximum Gasteiger partial charge on any atom is 0.159 e. The van der Waals surface area contributed by atoms with E-state index in [0.717, 1.165) is 6.42 Å². The molecule has 2 unspecified atom stereocenters. The van der Waals surface area contributed by atoms with Crippen LogP contribution in [0.5, 0.6) is 0 Å². The van der Waals surface area contributed by atoms with E-state index >= 15 is 0 Å². The minimum absolute atomic E-state index is 0.297. The maximum absolute atomic E-state index is 11.4. The van der Waals surface area contributed by atoms with E-state index in [-0.39, 0.29) is 0 Å². The molecule has 0 bridgehead atoms. The van der Waals surface area contributed by atoms with Crippen LogP contribution in [0.3, 0.4) is 0 Å². The number of allylic oxidation sites excluding steroid dienone is 2. The third kappa shape index (κ3) is 0.954. The van der Waals surface area contributed by atoms with Gasteiger partial charge in [0, 0.05) is 5.92 Å². The zero-order chi connectivity index (χ0) is 8.60. The summed E-state index contributed by atoms with van der Waals surface area (Å²) in [4.78, 5) is 11.4. The highest BCUT2D eigenvalue weighted by Crippen LogP contribution is 2.51. The van der Waals surface area contributed by atoms with Gasteiger partial charge in [0.05, 0.1) is 0 Å². The lowest BCUT2D eigenvalue weighted by Gasteiger charge is -2.26. The van der Waals surface area contributed by atoms with E-state index in [9.17, 15) is 4.79 Å². The van der Waals surface area contributed by atoms with Crippen molar-refractivity contribution in [1.82, 2.24) is 0 Å². The third-order valence-electron chi connectivity index (χ3n) is 3.47. The second kappa shape index (κ2) is 2.72. The van der Waals surface area contributed by atoms with Crippen LogP contribution < -0.4 is 0 Å². The molecule has 2 aliphatic rings. The molecule has 1 fully saturated rings. The minimum Gasteiger partial charge on any atom is -0.295 e. The van der Waals surface area contributed by atoms with Crippen LogP contribution in [-0.2, 0) is 4.79 Å². The number of hydrogen-bond donors (Lipinski definition) is 0. The molecule has 0 aromatic rings. The molecule has 2 rings (SSSR count). The first kappa shape index (κ1) is 8.03. The van der Waals surface area contributed by atoms with Gasteiger partial charge in [0.1, 0.15) is 0 Å². The Morgan fingerprint density at radius 2 is 2.50 bits per heavy atom. The predicted molar refractivity (Wildman–Crippen MR) is 48.8 cm³/mol. The zero-order valence-corrected chi connectivity index (χ0v) is 7.68. The number of rotatable bonds is 2. The van der Waals surface area contributed by atoms with Crippen molar-refractivity contribution in [3.8, 4) is 0 Å². The summed E-state index contributed by atoms with van der Waals surface area (Å²) in [5.74, 6) is 0.749. The fourth-order valence-corrected chi connectivity index (χ4v) is 2.93. The molecule has 0 radical (unpaired) electrons. The molecular formula is C11H16O. The van der Waals surface area contributed by atoms with E-state index < -0.39 is 0 Å². The summed E-state index contributed by atoms with van der Waals surface area (Å²) < 4.78 is 0. The molecule has 0 amide bonds. The zero-order valence-electron chi connectivity index (χ0n) is 7.68. The van der Waals surface area contributed by atoms with Gasteiger partial charge in [-0.1, -0.05) is 25.8 Å². The van der Waals surface area contributed by atoms with Gasteiger partial charge in [0.15, 0.2) is 5.78 Å². The fraction of sp³-hybridized carbons (Fsp3) is 0.727. The van der Waals surface area contributed by atoms with Gasteiger partial charge < -0.3 is 0 Å². The molecular weight excluding hydrogens is 148 g/mol. The van der Waals surface area contributed by atoms with Crippen molar-refractivity contribution in [3.63, 3.8) is 0 Å². The molecule has 1 nitrogen and oxygen atoms in total. The van der Waals surface area contributed by atoms with Crippen molar-refractivity contribution in [2.24, 2.45) is 11.3 Å². The second-order valence-electron chi connectivity index (χ2n) is 4.16. The maximum atomic E-state index is 11.4. The number of ketones is 1. The lowest BCUT2D eigenvalue weighted by molar-refractivity contribution is -0.119. The van der Waals surface area contributed by atoms with Crippen molar-refractivity contribution in [3.05, 3.63) is 12.2 Å². The summed E-state index contributed by atoms with van der Waals surface area (Å²) in [5, 5.41) is 0. The lowest BCUT2D eigenvalue weighted by atomic mass is 9.77. The highest BCUT2D eigenvalue weighted by atomic mass is 16.1. The van der Waals surface area contributed by atoms with Gasteiger partial charge in [-0.15, -0.1) is 0 Å². The molecule has 0 saturated heterocycles. The van der Waals surface area contributed by atoms with Crippen LogP contribution in [0.25, 0.3) is 0 Å². The van der Waals surface area contributed by atoms with Gasteiger partial charge in [-0.2, -0.15) is 0 Å². The van der Waals surface area contributed by atoms with Crippen LogP contribution in [-0.4, -0.2) is 5.78 Å². The smallest absolute Gasteiger partial charge is 0.159 e. The Morgan fingerprint density at radius 3 is 3.25 bits per heavy atom. The fourth-order valence-electron chi connectivity index (χ4n) is 2.93. The molecule has 1 saturated carbocycles. The van der Waals surface area contributed by atoms with E-state index in [2.05, 4.69) is 13.0 Å². The third-order valence-corrected chi connectivity index (χ3v) is 3.47. The van der Waals surface area contributed by atoms with Gasteiger partial charge in [0.2, 0.25) is 0 Å². The second-order valence-corrected chi connectivity index (χ2v) is 4.16. The average Bonchev–Trinajstić information content (AvgIpc) is 2.55. The molecule has 0 heterocycles. The van der Waals surface area contributed by atoms with E-state index in [4.69, 9.17) is 0 Å². The summed E-state index contributed by atoms with van der Waals surface area (Å²) in [6, 6.07) is 0. The van der Waals surface area contributed by atoms with Crippen LogP contribution in [0.4, 0.5) is 0 Å². The first-order valence-corrected chi connectivity index (χ1v) is 5.01. The van der Waals surface area contributed by atoms with Crippen LogP contribution in [0.2, 0.25) is 0 Å². The Kier molecular flexibility index (Phi) is 1.82. The average molecular weight is 164 g/mol. The standard InChI is InChI=1S/C11H16O/c1-2-6-11-7-3-4-9(11)10(12)5-8-11/h5,8-9H,2-4,6-7H2,1H3. The molecule has 12 heavy (non-hydrogen) atoms. The number of carbonyl (C=O) groups excluding carboxylic acids is 1. The summed E-state index contributed by atoms with van der Waals surface area (Å²) >= 11 is 0. The molecule has 0 N–H and O–H groups in total. The van der Waals surface area contributed by atoms with Gasteiger partial charge >= 0.3 is 0 Å². The SMILES string of the molecule is CCCC12C=CC(=O)C1CCC2. The highest BCUT2D eigenvalue weighted by Gasteiger charge is 2.46. The van der Waals surface area contributed by atoms with Crippen LogP contribution >= 0.6 is 0 Å². The summed E-state index contributed by atoms with van der Waals surface area (Å²) in [6.07, 6.45) is 10.0. The van der Waals surface area contributed by atoms with Crippen molar-refractivity contribution in [1.29, 1.82) is 0 Å². The minimum atomic E-state index is 0.297. The molecule has 0 aromatic heterocycles. The van der Waals surface area contributed by atoms with Crippen molar-refractivity contribution >= 4 is 5.78 Å². The molecule has 2 atom stereocenters. The van der Waals surface area contributed by atoms with E-state index in [1.165, 1.54) is 25.7 Å². The Bertz CT molecular complexity index is 229. The number of hydrogen-bond acceptors (Lipinski definition) is 1. The largest absolute Gasteiger partial charge is 0.295 e. The summed E-state index contributed by atoms with van der Waals surface area (Å²) in [7, 11) is 0. The van der Waals surface area contributed by atoms with E-state index in [1.54, 1.807) is 0 Å². The lowest BCUT2D eigenvalue weighted by Crippen LogP contribution is -2.23. The quantitative estimate of drug-likeness (QED) is 0.613. The van der Waals surface area contributed by atoms with Crippen LogP contribution in [0.1, 0.15) is 39.0 Å². The summed E-state index contributed by atoms with van der Waals surface area (Å²) in [6.45, 7) is 2.21. The molecule has 0 spiro atoms. The van der Waals surface area contributed by atoms with Crippen LogP contribution in [0, 0.1) is 11.3 Å². The Labute approximate surface area is 73.8 Å². The van der Waals surface area contributed by atoms with Crippen molar-refractivity contribution in [2.75, 3.05) is 0 Å². The van der Waals surface area contributed by atoms with Crippen molar-refractivity contribution < 1.29 is 4.79 Å². The first-order chi connectivity index (χ1) is 5.78. The van der Waals surface area contributed by atoms with Gasteiger partial charge in [-0.3, -0.25) is 4.79 Å². The number of fused-ring (bicyclic) bond motifs is 1. The Balaban J connectivity index is 2.23. The Hall–Kier alpha value is -0.590. The topological polar surface area (TPSA) is 17.1 Å². The molecule has 66 valence electrons. The van der Waals surface area contributed by atoms with E-state index in [1.807, 2.05) is 6.08 Å². The van der Waals surface area contributed by atoms with E-state index in [0.29, 0.717) is 17.1 Å². The normalized spacial score (nSPS) is 39.1. The summed E-state index contributed by atoms with van der Waals surface area (Å²) in [5.41, 5.74) is 0.297. The van der Waals surface area contributed by atoms with Gasteiger partial charge in [-0.25, -0.2) is 0 Å². The number of carbonyl (C=O) groups is 1. The first-order valence-electron chi connectivity index (χ1n) is 5.01. The molecule has 1 heteroatoms. The monoisotopic (exact) mass is 164 g/mol. The molecule has 0 aliphatic heterocycles. The Morgan fingerprint density at radius 1 is 1.67 bits per heavy atom. The van der Waals surface area contributed by atoms with Crippen molar-refractivity contribution in [2.45, 2.75) is 39.0 Å². The highest BCUT2D eigenvalue weighted by molar-refractivity contribution is 5.95.